The summed E-state index contributed by atoms with van der Waals surface area (Å²) in [6.45, 7) is 2.73. The van der Waals surface area contributed by atoms with Gasteiger partial charge in [-0.05, 0) is 65.4 Å². The number of amides is 1. The molecule has 4 aromatic carbocycles. The van der Waals surface area contributed by atoms with Crippen molar-refractivity contribution in [1.29, 1.82) is 0 Å². The van der Waals surface area contributed by atoms with Gasteiger partial charge in [-0.1, -0.05) is 66.7 Å². The summed E-state index contributed by atoms with van der Waals surface area (Å²) in [7, 11) is 0. The van der Waals surface area contributed by atoms with E-state index < -0.39 is 5.97 Å². The molecule has 1 fully saturated rings. The van der Waals surface area contributed by atoms with Gasteiger partial charge >= 0.3 is 5.97 Å². The zero-order valence-corrected chi connectivity index (χ0v) is 20.9. The van der Waals surface area contributed by atoms with E-state index in [1.165, 1.54) is 23.9 Å². The van der Waals surface area contributed by atoms with Crippen molar-refractivity contribution in [3.63, 3.8) is 0 Å². The summed E-state index contributed by atoms with van der Waals surface area (Å²) in [5, 5.41) is 11.8. The van der Waals surface area contributed by atoms with Gasteiger partial charge in [-0.25, -0.2) is 9.79 Å². The molecule has 37 heavy (non-hydrogen) atoms. The van der Waals surface area contributed by atoms with Crippen molar-refractivity contribution >= 4 is 51.3 Å². The molecule has 0 bridgehead atoms. The number of carboxylic acid groups (broad SMARTS) is 1. The maximum absolute atomic E-state index is 13.4. The molecule has 6 nitrogen and oxygen atoms in total. The number of nitrogens with zero attached hydrogens (tertiary/aromatic N) is 2. The van der Waals surface area contributed by atoms with E-state index in [1.54, 1.807) is 17.0 Å². The molecule has 1 aliphatic rings. The Hall–Kier alpha value is -4.36. The van der Waals surface area contributed by atoms with Crippen LogP contribution in [0.1, 0.15) is 28.4 Å². The monoisotopic (exact) mass is 508 g/mol. The minimum Gasteiger partial charge on any atom is -0.488 e. The molecule has 0 aromatic heterocycles. The van der Waals surface area contributed by atoms with Gasteiger partial charge in [-0.15, -0.1) is 0 Å². The van der Waals surface area contributed by atoms with E-state index in [2.05, 4.69) is 4.99 Å². The summed E-state index contributed by atoms with van der Waals surface area (Å²) in [4.78, 5) is 31.5. The molecule has 0 atom stereocenters. The van der Waals surface area contributed by atoms with Crippen LogP contribution in [-0.4, -0.2) is 33.6 Å². The Morgan fingerprint density at radius 2 is 1.78 bits per heavy atom. The summed E-state index contributed by atoms with van der Waals surface area (Å²) >= 11 is 1.27. The summed E-state index contributed by atoms with van der Waals surface area (Å²) in [5.41, 5.74) is 2.50. The van der Waals surface area contributed by atoms with Gasteiger partial charge in [0, 0.05) is 12.1 Å². The normalized spacial score (nSPS) is 15.6. The Labute approximate surface area is 218 Å². The van der Waals surface area contributed by atoms with Crippen LogP contribution in [0.25, 0.3) is 16.8 Å². The first kappa shape index (κ1) is 24.3. The molecule has 0 aliphatic carbocycles. The quantitative estimate of drug-likeness (QED) is 0.280. The second-order valence-electron chi connectivity index (χ2n) is 8.38. The number of benzene rings is 4. The van der Waals surface area contributed by atoms with E-state index in [1.807, 2.05) is 79.7 Å². The number of likely N-dealkylation sites (N-methyl/N-ethyl adjacent to an activating group) is 1. The third-order valence-corrected chi connectivity index (χ3v) is 6.97. The maximum atomic E-state index is 13.4. The Kier molecular flexibility index (Phi) is 7.05. The average Bonchev–Trinajstić information content (AvgIpc) is 3.22. The van der Waals surface area contributed by atoms with Crippen molar-refractivity contribution in [3.8, 4) is 5.75 Å². The van der Waals surface area contributed by atoms with E-state index >= 15 is 0 Å². The van der Waals surface area contributed by atoms with Crippen molar-refractivity contribution in [1.82, 2.24) is 4.90 Å². The first-order valence-corrected chi connectivity index (χ1v) is 12.7. The van der Waals surface area contributed by atoms with Crippen molar-refractivity contribution in [2.45, 2.75) is 13.5 Å². The van der Waals surface area contributed by atoms with Crippen molar-refractivity contribution in [3.05, 3.63) is 113 Å². The summed E-state index contributed by atoms with van der Waals surface area (Å²) in [6.07, 6.45) is 1.87. The summed E-state index contributed by atoms with van der Waals surface area (Å²) in [6, 6.07) is 28.3. The average molecular weight is 509 g/mol. The van der Waals surface area contributed by atoms with Crippen LogP contribution >= 0.6 is 11.8 Å². The van der Waals surface area contributed by atoms with Gasteiger partial charge in [-0.2, -0.15) is 0 Å². The highest BCUT2D eigenvalue weighted by molar-refractivity contribution is 8.18. The molecule has 1 amide bonds. The van der Waals surface area contributed by atoms with Crippen LogP contribution in [0.3, 0.4) is 0 Å². The number of thioether (sulfide) groups is 1. The van der Waals surface area contributed by atoms with Crippen molar-refractivity contribution in [2.24, 2.45) is 4.99 Å². The third kappa shape index (κ3) is 5.27. The number of ether oxygens (including phenoxy) is 1. The van der Waals surface area contributed by atoms with Gasteiger partial charge in [0.25, 0.3) is 5.91 Å². The number of fused-ring (bicyclic) bond motifs is 1. The van der Waals surface area contributed by atoms with E-state index in [0.29, 0.717) is 34.7 Å². The third-order valence-electron chi connectivity index (χ3n) is 5.97. The van der Waals surface area contributed by atoms with E-state index in [9.17, 15) is 14.7 Å². The zero-order chi connectivity index (χ0) is 25.8. The highest BCUT2D eigenvalue weighted by atomic mass is 32.2. The smallest absolute Gasteiger partial charge is 0.335 e. The number of carbonyl (C=O) groups is 2. The van der Waals surface area contributed by atoms with Gasteiger partial charge in [0.1, 0.15) is 12.4 Å². The molecule has 1 saturated heterocycles. The molecule has 0 saturated carbocycles. The van der Waals surface area contributed by atoms with Crippen LogP contribution in [0.2, 0.25) is 0 Å². The summed E-state index contributed by atoms with van der Waals surface area (Å²) in [5.74, 6) is -0.488. The van der Waals surface area contributed by atoms with Crippen molar-refractivity contribution < 1.29 is 19.4 Å². The fourth-order valence-corrected chi connectivity index (χ4v) is 5.15. The minimum absolute atomic E-state index is 0.144. The van der Waals surface area contributed by atoms with Crippen molar-refractivity contribution in [2.75, 3.05) is 6.54 Å². The second-order valence-corrected chi connectivity index (χ2v) is 9.39. The number of hydrogen-bond acceptors (Lipinski definition) is 5. The lowest BCUT2D eigenvalue weighted by Gasteiger charge is -2.13. The first-order chi connectivity index (χ1) is 18.0. The zero-order valence-electron chi connectivity index (χ0n) is 20.1. The molecule has 184 valence electrons. The van der Waals surface area contributed by atoms with Crippen LogP contribution in [0.15, 0.2) is 101 Å². The molecule has 5 rings (SSSR count). The van der Waals surface area contributed by atoms with Gasteiger partial charge < -0.3 is 9.84 Å². The second kappa shape index (κ2) is 10.7. The molecular formula is C30H24N2O4S. The Morgan fingerprint density at radius 3 is 2.57 bits per heavy atom. The van der Waals surface area contributed by atoms with E-state index in [0.717, 1.165) is 21.9 Å². The number of carboxylic acids is 1. The first-order valence-electron chi connectivity index (χ1n) is 11.9. The Morgan fingerprint density at radius 1 is 1.00 bits per heavy atom. The van der Waals surface area contributed by atoms with Gasteiger partial charge in [0.05, 0.1) is 16.2 Å². The molecule has 1 aliphatic heterocycles. The van der Waals surface area contributed by atoms with Crippen LogP contribution in [0.4, 0.5) is 5.69 Å². The largest absolute Gasteiger partial charge is 0.488 e. The number of carbonyl (C=O) groups excluding carboxylic acids is 1. The predicted octanol–water partition coefficient (Wildman–Crippen LogP) is 6.74. The Balaban J connectivity index is 1.53. The SMILES string of the molecule is CCN1C(=O)/C(=C\c2c(OCc3ccccc3)ccc3ccccc23)SC1=Nc1cccc(C(=O)O)c1. The number of rotatable bonds is 7. The molecule has 4 aromatic rings. The van der Waals surface area contributed by atoms with Crippen LogP contribution in [0, 0.1) is 0 Å². The predicted molar refractivity (Wildman–Crippen MR) is 148 cm³/mol. The fraction of sp³-hybridized carbons (Fsp3) is 0.100. The number of hydrogen-bond donors (Lipinski definition) is 1. The van der Waals surface area contributed by atoms with Gasteiger partial charge in [0.15, 0.2) is 5.17 Å². The highest BCUT2D eigenvalue weighted by Gasteiger charge is 2.32. The number of aliphatic imine (C=N–C) groups is 1. The molecule has 0 unspecified atom stereocenters. The van der Waals surface area contributed by atoms with Crippen LogP contribution in [-0.2, 0) is 11.4 Å². The lowest BCUT2D eigenvalue weighted by Crippen LogP contribution is -2.28. The molecular weight excluding hydrogens is 484 g/mol. The minimum atomic E-state index is -1.02. The standard InChI is InChI=1S/C30H24N2O4S/c1-2-32-28(33)27(37-30(32)31-23-13-8-12-22(17-23)29(34)35)18-25-24-14-7-6-11-21(24)15-16-26(25)36-19-20-9-4-3-5-10-20/h3-18H,2,19H2,1H3,(H,34,35)/b27-18+,31-30?. The van der Waals surface area contributed by atoms with E-state index in [-0.39, 0.29) is 11.5 Å². The lowest BCUT2D eigenvalue weighted by molar-refractivity contribution is -0.122. The molecule has 0 radical (unpaired) electrons. The molecule has 0 spiro atoms. The topological polar surface area (TPSA) is 79.2 Å². The molecule has 7 heteroatoms. The van der Waals surface area contributed by atoms with Gasteiger partial charge in [0.2, 0.25) is 0 Å². The summed E-state index contributed by atoms with van der Waals surface area (Å²) < 4.78 is 6.22. The lowest BCUT2D eigenvalue weighted by atomic mass is 10.0. The van der Waals surface area contributed by atoms with Crippen LogP contribution < -0.4 is 4.74 Å². The molecule has 1 heterocycles. The van der Waals surface area contributed by atoms with Crippen LogP contribution in [0.5, 0.6) is 5.75 Å². The number of amidine groups is 1. The molecule has 1 N–H and O–H groups in total. The highest BCUT2D eigenvalue weighted by Crippen LogP contribution is 2.38. The Bertz CT molecular complexity index is 1550. The maximum Gasteiger partial charge on any atom is 0.335 e. The number of aromatic carboxylic acids is 1. The van der Waals surface area contributed by atoms with E-state index in [4.69, 9.17) is 4.74 Å². The fourth-order valence-electron chi connectivity index (χ4n) is 4.11. The van der Waals surface area contributed by atoms with Gasteiger partial charge in [-0.3, -0.25) is 9.69 Å².